The monoisotopic (exact) mass is 1050 g/mol. The van der Waals surface area contributed by atoms with E-state index in [-0.39, 0.29) is 87.4 Å². The number of carboxylic acids is 1. The average Bonchev–Trinajstić information content (AvgIpc) is 3.91. The number of halogens is 2. The Labute approximate surface area is 434 Å². The van der Waals surface area contributed by atoms with Crippen molar-refractivity contribution < 1.29 is 62.1 Å². The van der Waals surface area contributed by atoms with Crippen LogP contribution >= 0.6 is 0 Å². The number of aliphatic hydroxyl groups is 1. The third-order valence-corrected chi connectivity index (χ3v) is 12.3. The predicted octanol–water partition coefficient (Wildman–Crippen LogP) is 2.22. The minimum Gasteiger partial charge on any atom is -0.480 e. The summed E-state index contributed by atoms with van der Waals surface area (Å²) in [5, 5.41) is 32.6. The lowest BCUT2D eigenvalue weighted by molar-refractivity contribution is -0.142. The molecule has 0 saturated heterocycles. The molecule has 75 heavy (non-hydrogen) atoms. The van der Waals surface area contributed by atoms with Crippen LogP contribution in [-0.2, 0) is 49.7 Å². The molecule has 21 nitrogen and oxygen atoms in total. The van der Waals surface area contributed by atoms with Crippen LogP contribution in [0.5, 0.6) is 0 Å². The third-order valence-electron chi connectivity index (χ3n) is 12.3. The molecule has 2 heterocycles. The number of imidazole rings is 1. The van der Waals surface area contributed by atoms with Gasteiger partial charge in [-0.25, -0.2) is 18.6 Å². The Morgan fingerprint density at radius 1 is 0.800 bits per heavy atom. The zero-order chi connectivity index (χ0) is 55.6. The first kappa shape index (κ1) is 60.2. The lowest BCUT2D eigenvalue weighted by Gasteiger charge is -2.40. The zero-order valence-electron chi connectivity index (χ0n) is 43.2. The number of nitrogens with zero attached hydrogens (tertiary/aromatic N) is 4. The maximum Gasteiger partial charge on any atom is 0.326 e. The Hall–Kier alpha value is -7.40. The van der Waals surface area contributed by atoms with Crippen molar-refractivity contribution in [3.05, 3.63) is 89.9 Å². The van der Waals surface area contributed by atoms with E-state index in [4.69, 9.17) is 10.7 Å². The molecule has 1 aromatic heterocycles. The van der Waals surface area contributed by atoms with Crippen LogP contribution in [-0.4, -0.2) is 140 Å². The van der Waals surface area contributed by atoms with Crippen molar-refractivity contribution in [1.29, 1.82) is 0 Å². The molecule has 9 N–H and O–H groups in total. The predicted molar refractivity (Wildman–Crippen MR) is 270 cm³/mol. The number of benzene rings is 2. The van der Waals surface area contributed by atoms with E-state index in [1.54, 1.807) is 24.6 Å². The topological polar surface area (TPSA) is 305 Å². The summed E-state index contributed by atoms with van der Waals surface area (Å²) in [6.45, 7) is 9.52. The van der Waals surface area contributed by atoms with Crippen molar-refractivity contribution in [1.82, 2.24) is 45.9 Å². The normalized spacial score (nSPS) is 14.4. The fourth-order valence-electron chi connectivity index (χ4n) is 8.24. The van der Waals surface area contributed by atoms with Gasteiger partial charge in [0.15, 0.2) is 0 Å². The van der Waals surface area contributed by atoms with Gasteiger partial charge in [0.2, 0.25) is 35.4 Å². The second kappa shape index (κ2) is 28.3. The number of carbonyl (C=O) groups is 9. The van der Waals surface area contributed by atoms with E-state index >= 15 is 4.39 Å². The van der Waals surface area contributed by atoms with Crippen molar-refractivity contribution in [2.75, 3.05) is 32.8 Å². The summed E-state index contributed by atoms with van der Waals surface area (Å²) in [5.74, 6) is -7.54. The molecule has 23 heteroatoms. The number of hydrogen-bond donors (Lipinski definition) is 8. The van der Waals surface area contributed by atoms with Gasteiger partial charge in [0.1, 0.15) is 42.2 Å². The summed E-state index contributed by atoms with van der Waals surface area (Å²) in [5.41, 5.74) is 6.38. The second-order valence-electron chi connectivity index (χ2n) is 19.7. The van der Waals surface area contributed by atoms with Gasteiger partial charge < -0.3 is 52.0 Å². The molecule has 8 amide bonds. The van der Waals surface area contributed by atoms with Gasteiger partial charge >= 0.3 is 5.97 Å². The molecule has 5 atom stereocenters. The first-order valence-corrected chi connectivity index (χ1v) is 24.8. The Morgan fingerprint density at radius 3 is 2.09 bits per heavy atom. The van der Waals surface area contributed by atoms with Gasteiger partial charge in [-0.2, -0.15) is 0 Å². The van der Waals surface area contributed by atoms with Gasteiger partial charge in [-0.05, 0) is 67.7 Å². The maximum absolute atomic E-state index is 15.1. The summed E-state index contributed by atoms with van der Waals surface area (Å²) in [4.78, 5) is 121. The van der Waals surface area contributed by atoms with Gasteiger partial charge in [-0.1, -0.05) is 71.4 Å². The molecule has 0 spiro atoms. The highest BCUT2D eigenvalue weighted by atomic mass is 19.1. The van der Waals surface area contributed by atoms with Crippen molar-refractivity contribution in [3.63, 3.8) is 0 Å². The Balaban J connectivity index is 1.25. The molecule has 0 saturated carbocycles. The number of hydrogen-bond acceptors (Lipinski definition) is 12. The minimum atomic E-state index is -1.52. The summed E-state index contributed by atoms with van der Waals surface area (Å²) < 4.78 is 31.2. The van der Waals surface area contributed by atoms with Crippen LogP contribution in [0.4, 0.5) is 8.78 Å². The highest BCUT2D eigenvalue weighted by Gasteiger charge is 2.39. The van der Waals surface area contributed by atoms with Gasteiger partial charge in [0.25, 0.3) is 11.8 Å². The Morgan fingerprint density at radius 2 is 1.47 bits per heavy atom. The zero-order valence-corrected chi connectivity index (χ0v) is 43.2. The fraction of sp³-hybridized carbons (Fsp3) is 0.500. The largest absolute Gasteiger partial charge is 0.480 e. The lowest BCUT2D eigenvalue weighted by atomic mass is 9.84. The average molecular weight is 1050 g/mol. The van der Waals surface area contributed by atoms with Crippen molar-refractivity contribution in [3.8, 4) is 11.3 Å². The second-order valence-corrected chi connectivity index (χ2v) is 19.7. The Bertz CT molecular complexity index is 2530. The molecule has 4 unspecified atom stereocenters. The molecule has 0 fully saturated rings. The molecular formula is C52H70F2N10O11. The molecule has 2 aromatic carbocycles. The lowest BCUT2D eigenvalue weighted by Crippen LogP contribution is -2.56. The molecule has 0 aliphatic carbocycles. The first-order valence-electron chi connectivity index (χ1n) is 24.8. The molecular weight excluding hydrogens is 979 g/mol. The van der Waals surface area contributed by atoms with Crippen molar-refractivity contribution >= 4 is 53.2 Å². The van der Waals surface area contributed by atoms with Crippen LogP contribution in [0, 0.1) is 23.0 Å². The number of rotatable bonds is 29. The van der Waals surface area contributed by atoms with E-state index in [9.17, 15) is 57.8 Å². The number of carboxylic acid groups (broad SMARTS) is 1. The van der Waals surface area contributed by atoms with E-state index in [2.05, 4.69) is 26.6 Å². The number of aromatic nitrogens is 2. The van der Waals surface area contributed by atoms with E-state index in [0.29, 0.717) is 25.1 Å². The fourth-order valence-corrected chi connectivity index (χ4v) is 8.24. The summed E-state index contributed by atoms with van der Waals surface area (Å²) in [7, 11) is 0. The number of aliphatic hydroxyl groups excluding tert-OH is 1. The highest BCUT2D eigenvalue weighted by Crippen LogP contribution is 2.39. The maximum atomic E-state index is 15.1. The van der Waals surface area contributed by atoms with Crippen LogP contribution in [0.3, 0.4) is 0 Å². The molecule has 408 valence electrons. The number of imide groups is 1. The third kappa shape index (κ3) is 18.2. The van der Waals surface area contributed by atoms with E-state index in [0.717, 1.165) is 28.7 Å². The van der Waals surface area contributed by atoms with Gasteiger partial charge in [0, 0.05) is 69.5 Å². The summed E-state index contributed by atoms with van der Waals surface area (Å²) in [6.07, 6.45) is 4.75. The number of aliphatic carboxylic acids is 1. The van der Waals surface area contributed by atoms with Crippen LogP contribution in [0.25, 0.3) is 11.3 Å². The number of unbranched alkanes of at least 4 members (excludes halogenated alkanes) is 2. The van der Waals surface area contributed by atoms with Gasteiger partial charge in [-0.15, -0.1) is 0 Å². The van der Waals surface area contributed by atoms with Crippen LogP contribution in [0.15, 0.2) is 66.9 Å². The highest BCUT2D eigenvalue weighted by molar-refractivity contribution is 6.12. The standard InChI is InChI=1S/C52H70F2N10O11/c1-31(2)45(61-41(67)15-11-8-12-25-63-42(68)20-21-43(63)69)50(73)58-32(3)48(71)60-38(51(74)75)18-19-40(66)56-23-24-57-49(72)37(55)22-26-64(44(70)30-65)46(52(4,5)6)47-59-39(35-27-34(53)16-17-36(35)54)29-62(47)28-33-13-9-7-10-14-33/h7,9-10,13-14,16-17,20-21,27,29,31-32,37-38,45-46,65H,8,11-12,15,18-19,22-26,28,30,55H2,1-6H3,(H,56,66)(H,57,72)(H,58,73)(H,60,71)(H,61,67)(H,74,75)/t32?,37?,38?,45-,46?/m0/s1. The SMILES string of the molecule is CC(NC(=O)[C@@H](NC(=O)CCCCCN1C(=O)C=CC1=O)C(C)C)C(=O)NC(CCC(=O)NCCNC(=O)C(N)CCN(C(=O)CO)C(c1nc(-c2cc(F)ccc2F)cn1Cc1ccccc1)C(C)(C)C)C(=O)O. The molecule has 1 aliphatic heterocycles. The first-order chi connectivity index (χ1) is 35.4. The minimum absolute atomic E-state index is 0.0696. The number of nitrogens with two attached hydrogens (primary N) is 1. The summed E-state index contributed by atoms with van der Waals surface area (Å²) in [6, 6.07) is 6.47. The molecule has 4 rings (SSSR count). The van der Waals surface area contributed by atoms with Crippen molar-refractivity contribution in [2.24, 2.45) is 17.1 Å². The number of nitrogens with one attached hydrogen (secondary N) is 5. The van der Waals surface area contributed by atoms with Crippen LogP contribution in [0.1, 0.15) is 104 Å². The van der Waals surface area contributed by atoms with E-state index in [1.807, 2.05) is 51.1 Å². The number of amides is 8. The van der Waals surface area contributed by atoms with Crippen molar-refractivity contribution in [2.45, 2.75) is 123 Å². The number of carbonyl (C=O) groups excluding carboxylic acids is 8. The molecule has 3 aromatic rings. The molecule has 1 aliphatic rings. The summed E-state index contributed by atoms with van der Waals surface area (Å²) >= 11 is 0. The Kier molecular flexibility index (Phi) is 22.7. The van der Waals surface area contributed by atoms with E-state index in [1.165, 1.54) is 24.0 Å². The van der Waals surface area contributed by atoms with Gasteiger partial charge in [-0.3, -0.25) is 43.3 Å². The van der Waals surface area contributed by atoms with E-state index < -0.39 is 95.3 Å². The molecule has 0 radical (unpaired) electrons. The molecule has 0 bridgehead atoms. The quantitative estimate of drug-likeness (QED) is 0.0366. The van der Waals surface area contributed by atoms with Crippen LogP contribution < -0.4 is 32.3 Å². The van der Waals surface area contributed by atoms with Gasteiger partial charge in [0.05, 0.1) is 17.8 Å². The van der Waals surface area contributed by atoms with Crippen LogP contribution in [0.2, 0.25) is 0 Å². The smallest absolute Gasteiger partial charge is 0.326 e.